The molecule has 22 heavy (non-hydrogen) atoms. The van der Waals surface area contributed by atoms with E-state index in [2.05, 4.69) is 10.3 Å². The number of carbonyl (C=O) groups excluding carboxylic acids is 2. The minimum Gasteiger partial charge on any atom is -0.454 e. The van der Waals surface area contributed by atoms with E-state index in [0.29, 0.717) is 22.8 Å². The van der Waals surface area contributed by atoms with Gasteiger partial charge in [-0.1, -0.05) is 6.07 Å². The molecule has 3 rings (SSSR count). The van der Waals surface area contributed by atoms with Gasteiger partial charge in [0.2, 0.25) is 6.79 Å². The van der Waals surface area contributed by atoms with Gasteiger partial charge in [-0.15, -0.1) is 0 Å². The average Bonchev–Trinajstić information content (AvgIpc) is 3.15. The number of hydrogen-bond donors (Lipinski definition) is 2. The highest BCUT2D eigenvalue weighted by Crippen LogP contribution is 2.34. The van der Waals surface area contributed by atoms with Crippen molar-refractivity contribution in [1.82, 2.24) is 10.3 Å². The highest BCUT2D eigenvalue weighted by atomic mass is 16.7. The number of ether oxygens (including phenoxy) is 2. The first-order valence-electron chi connectivity index (χ1n) is 6.94. The third-order valence-electron chi connectivity index (χ3n) is 3.58. The summed E-state index contributed by atoms with van der Waals surface area (Å²) in [5.41, 5.74) is 1.76. The van der Waals surface area contributed by atoms with Crippen LogP contribution in [0.3, 0.4) is 0 Å². The van der Waals surface area contributed by atoms with Crippen LogP contribution in [0.15, 0.2) is 30.5 Å². The molecular formula is C16H16N2O4. The zero-order valence-electron chi connectivity index (χ0n) is 12.3. The Balaban J connectivity index is 1.71. The van der Waals surface area contributed by atoms with Crippen molar-refractivity contribution < 1.29 is 19.1 Å². The second kappa shape index (κ2) is 5.55. The number of amides is 1. The molecule has 6 heteroatoms. The van der Waals surface area contributed by atoms with Gasteiger partial charge in [-0.2, -0.15) is 0 Å². The minimum atomic E-state index is -0.266. The second-order valence-electron chi connectivity index (χ2n) is 5.17. The molecule has 1 aromatic carbocycles. The molecule has 0 aliphatic carbocycles. The third kappa shape index (κ3) is 2.67. The maximum Gasteiger partial charge on any atom is 0.268 e. The van der Waals surface area contributed by atoms with Gasteiger partial charge >= 0.3 is 0 Å². The summed E-state index contributed by atoms with van der Waals surface area (Å²) < 4.78 is 10.6. The number of hydrogen-bond acceptors (Lipinski definition) is 4. The van der Waals surface area contributed by atoms with Crippen LogP contribution in [0.25, 0.3) is 0 Å². The minimum absolute atomic E-state index is 0.0841. The van der Waals surface area contributed by atoms with E-state index in [-0.39, 0.29) is 24.5 Å². The van der Waals surface area contributed by atoms with Crippen LogP contribution in [0.1, 0.15) is 46.3 Å². The summed E-state index contributed by atoms with van der Waals surface area (Å²) >= 11 is 0. The van der Waals surface area contributed by atoms with Gasteiger partial charge in [-0.05, 0) is 37.6 Å². The number of carbonyl (C=O) groups is 2. The van der Waals surface area contributed by atoms with Crippen molar-refractivity contribution in [3.63, 3.8) is 0 Å². The van der Waals surface area contributed by atoms with Gasteiger partial charge in [0.05, 0.1) is 6.04 Å². The predicted octanol–water partition coefficient (Wildman–Crippen LogP) is 2.44. The SMILES string of the molecule is CC(=O)c1c[nH]c(C(=O)N[C@H](C)c2ccc3c(c2)OCO3)c1. The highest BCUT2D eigenvalue weighted by molar-refractivity contribution is 5.99. The Bertz CT molecular complexity index is 735. The van der Waals surface area contributed by atoms with Crippen LogP contribution >= 0.6 is 0 Å². The standard InChI is InChI=1S/C16H16N2O4/c1-9(11-3-4-14-15(6-11)22-8-21-14)18-16(20)13-5-12(7-17-13)10(2)19/h3-7,9,17H,8H2,1-2H3,(H,18,20)/t9-/m1/s1. The maximum absolute atomic E-state index is 12.2. The van der Waals surface area contributed by atoms with E-state index >= 15 is 0 Å². The number of benzene rings is 1. The lowest BCUT2D eigenvalue weighted by atomic mass is 10.1. The van der Waals surface area contributed by atoms with Crippen LogP contribution in [0, 0.1) is 0 Å². The predicted molar refractivity (Wildman–Crippen MR) is 79.2 cm³/mol. The van der Waals surface area contributed by atoms with Gasteiger partial charge in [0, 0.05) is 11.8 Å². The number of aromatic nitrogens is 1. The lowest BCUT2D eigenvalue weighted by molar-refractivity contribution is 0.0935. The first kappa shape index (κ1) is 14.2. The Morgan fingerprint density at radius 1 is 1.23 bits per heavy atom. The second-order valence-corrected chi connectivity index (χ2v) is 5.17. The number of fused-ring (bicyclic) bond motifs is 1. The summed E-state index contributed by atoms with van der Waals surface area (Å²) in [6.45, 7) is 3.56. The molecule has 0 fully saturated rings. The van der Waals surface area contributed by atoms with Crippen LogP contribution in [0.2, 0.25) is 0 Å². The quantitative estimate of drug-likeness (QED) is 0.850. The average molecular weight is 300 g/mol. The molecule has 1 atom stereocenters. The first-order valence-corrected chi connectivity index (χ1v) is 6.94. The van der Waals surface area contributed by atoms with Crippen molar-refractivity contribution in [2.24, 2.45) is 0 Å². The van der Waals surface area contributed by atoms with Gasteiger partial charge in [0.25, 0.3) is 5.91 Å². The molecule has 1 aliphatic rings. The molecule has 1 amide bonds. The van der Waals surface area contributed by atoms with Gasteiger partial charge in [-0.3, -0.25) is 9.59 Å². The highest BCUT2D eigenvalue weighted by Gasteiger charge is 2.18. The smallest absolute Gasteiger partial charge is 0.268 e. The van der Waals surface area contributed by atoms with Crippen LogP contribution < -0.4 is 14.8 Å². The first-order chi connectivity index (χ1) is 10.5. The maximum atomic E-state index is 12.2. The number of aromatic amines is 1. The summed E-state index contributed by atoms with van der Waals surface area (Å²) in [5.74, 6) is 1.03. The van der Waals surface area contributed by atoms with E-state index in [0.717, 1.165) is 5.56 Å². The number of ketones is 1. The number of Topliss-reactive ketones (excluding diaryl/α,β-unsaturated/α-hetero) is 1. The van der Waals surface area contributed by atoms with E-state index in [9.17, 15) is 9.59 Å². The van der Waals surface area contributed by atoms with Crippen molar-refractivity contribution in [2.75, 3.05) is 6.79 Å². The topological polar surface area (TPSA) is 80.4 Å². The monoisotopic (exact) mass is 300 g/mol. The van der Waals surface area contributed by atoms with Crippen LogP contribution in [0.5, 0.6) is 11.5 Å². The van der Waals surface area contributed by atoms with Gasteiger partial charge in [0.15, 0.2) is 17.3 Å². The molecule has 2 N–H and O–H groups in total. The fourth-order valence-electron chi connectivity index (χ4n) is 2.27. The van der Waals surface area contributed by atoms with Gasteiger partial charge in [-0.25, -0.2) is 0 Å². The number of rotatable bonds is 4. The zero-order chi connectivity index (χ0) is 15.7. The summed E-state index contributed by atoms with van der Waals surface area (Å²) in [6, 6.07) is 6.90. The van der Waals surface area contributed by atoms with E-state index in [1.807, 2.05) is 25.1 Å². The molecule has 2 heterocycles. The summed E-state index contributed by atoms with van der Waals surface area (Å²) in [6.07, 6.45) is 1.53. The molecule has 0 saturated carbocycles. The van der Waals surface area contributed by atoms with Crippen molar-refractivity contribution in [1.29, 1.82) is 0 Å². The van der Waals surface area contributed by atoms with Crippen molar-refractivity contribution in [3.05, 3.63) is 47.3 Å². The molecule has 1 aromatic heterocycles. The molecule has 0 saturated heterocycles. The Morgan fingerprint density at radius 2 is 2.00 bits per heavy atom. The fraction of sp³-hybridized carbons (Fsp3) is 0.250. The molecule has 6 nitrogen and oxygen atoms in total. The molecule has 0 radical (unpaired) electrons. The molecule has 1 aliphatic heterocycles. The molecule has 0 bridgehead atoms. The van der Waals surface area contributed by atoms with E-state index in [1.54, 1.807) is 6.07 Å². The molecule has 2 aromatic rings. The van der Waals surface area contributed by atoms with Gasteiger partial charge < -0.3 is 19.8 Å². The van der Waals surface area contributed by atoms with Crippen molar-refractivity contribution in [2.45, 2.75) is 19.9 Å². The lowest BCUT2D eigenvalue weighted by Crippen LogP contribution is -2.26. The number of H-pyrrole nitrogens is 1. The van der Waals surface area contributed by atoms with Crippen LogP contribution in [0.4, 0.5) is 0 Å². The third-order valence-corrected chi connectivity index (χ3v) is 3.58. The van der Waals surface area contributed by atoms with Crippen molar-refractivity contribution >= 4 is 11.7 Å². The zero-order valence-corrected chi connectivity index (χ0v) is 12.3. The summed E-state index contributed by atoms with van der Waals surface area (Å²) in [4.78, 5) is 26.3. The molecule has 114 valence electrons. The Hall–Kier alpha value is -2.76. The normalized spacial score (nSPS) is 13.7. The fourth-order valence-corrected chi connectivity index (χ4v) is 2.27. The number of nitrogens with one attached hydrogen (secondary N) is 2. The van der Waals surface area contributed by atoms with Crippen molar-refractivity contribution in [3.8, 4) is 11.5 Å². The lowest BCUT2D eigenvalue weighted by Gasteiger charge is -2.14. The molecule has 0 unspecified atom stereocenters. The van der Waals surface area contributed by atoms with Gasteiger partial charge in [0.1, 0.15) is 5.69 Å². The van der Waals surface area contributed by atoms with E-state index < -0.39 is 0 Å². The largest absolute Gasteiger partial charge is 0.454 e. The Morgan fingerprint density at radius 3 is 2.73 bits per heavy atom. The molecular weight excluding hydrogens is 284 g/mol. The Labute approximate surface area is 127 Å². The summed E-state index contributed by atoms with van der Waals surface area (Å²) in [5, 5.41) is 2.88. The van der Waals surface area contributed by atoms with E-state index in [1.165, 1.54) is 13.1 Å². The van der Waals surface area contributed by atoms with E-state index in [4.69, 9.17) is 9.47 Å². The Kier molecular flexibility index (Phi) is 3.58. The van der Waals surface area contributed by atoms with Crippen LogP contribution in [-0.4, -0.2) is 23.5 Å². The summed E-state index contributed by atoms with van der Waals surface area (Å²) in [7, 11) is 0. The molecule has 0 spiro atoms. The van der Waals surface area contributed by atoms with Crippen LogP contribution in [-0.2, 0) is 0 Å².